The predicted octanol–water partition coefficient (Wildman–Crippen LogP) is 1.67. The van der Waals surface area contributed by atoms with E-state index in [1.807, 2.05) is 17.9 Å². The van der Waals surface area contributed by atoms with E-state index in [-0.39, 0.29) is 0 Å². The molecule has 1 aromatic heterocycles. The molecule has 108 valence electrons. The maximum Gasteiger partial charge on any atom is 0.0492 e. The van der Waals surface area contributed by atoms with E-state index >= 15 is 0 Å². The quantitative estimate of drug-likeness (QED) is 0.848. The largest absolute Gasteiger partial charge is 0.314 e. The molecule has 0 saturated carbocycles. The average molecular weight is 264 g/mol. The van der Waals surface area contributed by atoms with Crippen molar-refractivity contribution in [2.45, 2.75) is 39.2 Å². The number of nitrogens with one attached hydrogen (secondary N) is 1. The van der Waals surface area contributed by atoms with Gasteiger partial charge in [-0.3, -0.25) is 4.68 Å². The van der Waals surface area contributed by atoms with E-state index in [0.29, 0.717) is 6.04 Å². The molecule has 4 nitrogen and oxygen atoms in total. The minimum atomic E-state index is 0.632. The molecule has 0 radical (unpaired) electrons. The Morgan fingerprint density at radius 3 is 2.74 bits per heavy atom. The number of aryl methyl sites for hydroxylation is 1. The average Bonchev–Trinajstić information content (AvgIpc) is 2.84. The van der Waals surface area contributed by atoms with E-state index in [2.05, 4.69) is 35.2 Å². The zero-order valence-electron chi connectivity index (χ0n) is 12.6. The lowest BCUT2D eigenvalue weighted by atomic mass is 9.90. The molecule has 1 aliphatic rings. The third kappa shape index (κ3) is 4.05. The summed E-state index contributed by atoms with van der Waals surface area (Å²) >= 11 is 0. The molecular formula is C15H28N4. The second kappa shape index (κ2) is 7.06. The highest BCUT2D eigenvalue weighted by molar-refractivity contribution is 5.00. The van der Waals surface area contributed by atoms with Gasteiger partial charge in [-0.15, -0.1) is 0 Å². The molecule has 1 N–H and O–H groups in total. The van der Waals surface area contributed by atoms with Crippen molar-refractivity contribution in [1.82, 2.24) is 20.0 Å². The van der Waals surface area contributed by atoms with Crippen LogP contribution < -0.4 is 5.32 Å². The first kappa shape index (κ1) is 14.5. The van der Waals surface area contributed by atoms with Gasteiger partial charge in [0.15, 0.2) is 0 Å². The van der Waals surface area contributed by atoms with E-state index in [4.69, 9.17) is 0 Å². The van der Waals surface area contributed by atoms with Crippen molar-refractivity contribution in [2.24, 2.45) is 13.0 Å². The zero-order valence-corrected chi connectivity index (χ0v) is 12.6. The van der Waals surface area contributed by atoms with Gasteiger partial charge in [-0.25, -0.2) is 0 Å². The van der Waals surface area contributed by atoms with E-state index < -0.39 is 0 Å². The summed E-state index contributed by atoms with van der Waals surface area (Å²) in [5.41, 5.74) is 1.31. The first-order valence-electron chi connectivity index (χ1n) is 7.63. The van der Waals surface area contributed by atoms with Crippen LogP contribution in [0.15, 0.2) is 12.3 Å². The van der Waals surface area contributed by atoms with E-state index in [9.17, 15) is 0 Å². The smallest absolute Gasteiger partial charge is 0.0492 e. The summed E-state index contributed by atoms with van der Waals surface area (Å²) in [7, 11) is 2.01. The van der Waals surface area contributed by atoms with Gasteiger partial charge in [0.2, 0.25) is 0 Å². The van der Waals surface area contributed by atoms with Gasteiger partial charge >= 0.3 is 0 Å². The van der Waals surface area contributed by atoms with Crippen LogP contribution in [-0.4, -0.2) is 46.9 Å². The summed E-state index contributed by atoms with van der Waals surface area (Å²) in [4.78, 5) is 2.55. The van der Waals surface area contributed by atoms with E-state index in [1.54, 1.807) is 0 Å². The fraction of sp³-hybridized carbons (Fsp3) is 0.800. The van der Waals surface area contributed by atoms with Crippen molar-refractivity contribution < 1.29 is 0 Å². The lowest BCUT2D eigenvalue weighted by Gasteiger charge is -2.34. The van der Waals surface area contributed by atoms with Crippen molar-refractivity contribution in [2.75, 3.05) is 26.2 Å². The van der Waals surface area contributed by atoms with Crippen LogP contribution >= 0.6 is 0 Å². The Kier molecular flexibility index (Phi) is 5.40. The topological polar surface area (TPSA) is 33.1 Å². The number of nitrogens with zero attached hydrogens (tertiary/aromatic N) is 3. The molecule has 2 rings (SSSR count). The van der Waals surface area contributed by atoms with Gasteiger partial charge < -0.3 is 10.2 Å². The molecular weight excluding hydrogens is 236 g/mol. The lowest BCUT2D eigenvalue weighted by molar-refractivity contribution is 0.169. The molecule has 1 fully saturated rings. The summed E-state index contributed by atoms with van der Waals surface area (Å²) < 4.78 is 1.96. The fourth-order valence-corrected chi connectivity index (χ4v) is 3.01. The van der Waals surface area contributed by atoms with Crippen LogP contribution in [-0.2, 0) is 13.5 Å². The third-order valence-corrected chi connectivity index (χ3v) is 4.56. The molecule has 1 aromatic rings. The Hall–Kier alpha value is -0.870. The Morgan fingerprint density at radius 1 is 1.42 bits per heavy atom. The van der Waals surface area contributed by atoms with Crippen molar-refractivity contribution in [1.29, 1.82) is 0 Å². The van der Waals surface area contributed by atoms with Crippen LogP contribution in [0.2, 0.25) is 0 Å². The summed E-state index contributed by atoms with van der Waals surface area (Å²) in [5, 5.41) is 7.90. The van der Waals surface area contributed by atoms with Crippen LogP contribution in [0, 0.1) is 5.92 Å². The maximum atomic E-state index is 4.21. The third-order valence-electron chi connectivity index (χ3n) is 4.56. The summed E-state index contributed by atoms with van der Waals surface area (Å²) in [6, 6.07) is 2.73. The Balaban J connectivity index is 1.67. The van der Waals surface area contributed by atoms with Crippen molar-refractivity contribution >= 4 is 0 Å². The number of aromatic nitrogens is 2. The van der Waals surface area contributed by atoms with Gasteiger partial charge in [-0.2, -0.15) is 5.10 Å². The molecule has 0 spiro atoms. The predicted molar refractivity (Wildman–Crippen MR) is 79.2 cm³/mol. The van der Waals surface area contributed by atoms with E-state index in [0.717, 1.165) is 18.9 Å². The normalized spacial score (nSPS) is 19.7. The molecule has 0 bridgehead atoms. The van der Waals surface area contributed by atoms with Gasteiger partial charge in [-0.05, 0) is 51.4 Å². The lowest BCUT2D eigenvalue weighted by Crippen LogP contribution is -2.42. The van der Waals surface area contributed by atoms with Gasteiger partial charge in [0, 0.05) is 37.9 Å². The van der Waals surface area contributed by atoms with Gasteiger partial charge in [-0.1, -0.05) is 6.92 Å². The number of hydrogen-bond acceptors (Lipinski definition) is 3. The second-order valence-electron chi connectivity index (χ2n) is 5.71. The Bertz CT molecular complexity index is 366. The number of rotatable bonds is 6. The van der Waals surface area contributed by atoms with Gasteiger partial charge in [0.1, 0.15) is 0 Å². The number of piperidine rings is 1. The van der Waals surface area contributed by atoms with Crippen LogP contribution in [0.4, 0.5) is 0 Å². The molecule has 0 aliphatic carbocycles. The first-order chi connectivity index (χ1) is 9.20. The summed E-state index contributed by atoms with van der Waals surface area (Å²) in [5.74, 6) is 0.842. The fourth-order valence-electron chi connectivity index (χ4n) is 3.01. The molecule has 1 aliphatic heterocycles. The molecule has 1 unspecified atom stereocenters. The van der Waals surface area contributed by atoms with Crippen molar-refractivity contribution in [3.63, 3.8) is 0 Å². The van der Waals surface area contributed by atoms with Crippen molar-refractivity contribution in [3.8, 4) is 0 Å². The SMILES string of the molecule is CCN1CCC(C(C)NCCc2ccnn2C)CC1. The summed E-state index contributed by atoms with van der Waals surface area (Å²) in [6.07, 6.45) is 5.62. The van der Waals surface area contributed by atoms with Crippen molar-refractivity contribution in [3.05, 3.63) is 18.0 Å². The molecule has 1 saturated heterocycles. The molecule has 1 atom stereocenters. The van der Waals surface area contributed by atoms with E-state index in [1.165, 1.54) is 38.2 Å². The molecule has 0 aromatic carbocycles. The maximum absolute atomic E-state index is 4.21. The second-order valence-corrected chi connectivity index (χ2v) is 5.71. The van der Waals surface area contributed by atoms with Crippen LogP contribution in [0.3, 0.4) is 0 Å². The van der Waals surface area contributed by atoms with Crippen LogP contribution in [0.1, 0.15) is 32.4 Å². The van der Waals surface area contributed by atoms with Gasteiger partial charge in [0.05, 0.1) is 0 Å². The molecule has 2 heterocycles. The van der Waals surface area contributed by atoms with Crippen LogP contribution in [0.25, 0.3) is 0 Å². The molecule has 19 heavy (non-hydrogen) atoms. The number of likely N-dealkylation sites (tertiary alicyclic amines) is 1. The minimum Gasteiger partial charge on any atom is -0.314 e. The van der Waals surface area contributed by atoms with Gasteiger partial charge in [0.25, 0.3) is 0 Å². The zero-order chi connectivity index (χ0) is 13.7. The standard InChI is InChI=1S/C15H28N4/c1-4-19-11-7-14(8-12-19)13(2)16-9-5-15-6-10-17-18(15)3/h6,10,13-14,16H,4-5,7-9,11-12H2,1-3H3. The monoisotopic (exact) mass is 264 g/mol. The number of hydrogen-bond donors (Lipinski definition) is 1. The highest BCUT2D eigenvalue weighted by Gasteiger charge is 2.22. The molecule has 4 heteroatoms. The Labute approximate surface area is 117 Å². The summed E-state index contributed by atoms with van der Waals surface area (Å²) in [6.45, 7) is 9.40. The highest BCUT2D eigenvalue weighted by atomic mass is 15.3. The Morgan fingerprint density at radius 2 is 2.16 bits per heavy atom. The van der Waals surface area contributed by atoms with Crippen LogP contribution in [0.5, 0.6) is 0 Å². The molecule has 0 amide bonds. The minimum absolute atomic E-state index is 0.632. The highest BCUT2D eigenvalue weighted by Crippen LogP contribution is 2.20. The first-order valence-corrected chi connectivity index (χ1v) is 7.63.